The fourth-order valence-corrected chi connectivity index (χ4v) is 4.63. The minimum atomic E-state index is 0.0228. The van der Waals surface area contributed by atoms with Gasteiger partial charge in [-0.25, -0.2) is 0 Å². The Morgan fingerprint density at radius 1 is 1.27 bits per heavy atom. The molecule has 0 aliphatic carbocycles. The number of aryl methyl sites for hydroxylation is 1. The molecular weight excluding hydrogens is 398 g/mol. The number of aromatic nitrogens is 2. The van der Waals surface area contributed by atoms with Crippen molar-refractivity contribution in [3.63, 3.8) is 0 Å². The molecule has 0 N–H and O–H groups in total. The lowest BCUT2D eigenvalue weighted by Crippen LogP contribution is -2.45. The van der Waals surface area contributed by atoms with Gasteiger partial charge in [0.05, 0.1) is 12.8 Å². The molecule has 1 fully saturated rings. The Labute approximate surface area is 181 Å². The van der Waals surface area contributed by atoms with Gasteiger partial charge in [0.2, 0.25) is 0 Å². The predicted octanol–water partition coefficient (Wildman–Crippen LogP) is 4.02. The Morgan fingerprint density at radius 3 is 2.80 bits per heavy atom. The Bertz CT molecular complexity index is 978. The van der Waals surface area contributed by atoms with Crippen LogP contribution in [-0.4, -0.2) is 53.5 Å². The topological polar surface area (TPSA) is 56.6 Å². The lowest BCUT2D eigenvalue weighted by atomic mass is 10.1. The van der Waals surface area contributed by atoms with E-state index >= 15 is 0 Å². The Morgan fingerprint density at radius 2 is 2.07 bits per heavy atom. The fourth-order valence-electron chi connectivity index (χ4n) is 3.93. The van der Waals surface area contributed by atoms with E-state index in [2.05, 4.69) is 22.6 Å². The Kier molecular flexibility index (Phi) is 6.50. The van der Waals surface area contributed by atoms with Crippen LogP contribution in [0.25, 0.3) is 11.3 Å². The number of benzene rings is 1. The van der Waals surface area contributed by atoms with E-state index in [1.54, 1.807) is 23.1 Å². The highest BCUT2D eigenvalue weighted by Crippen LogP contribution is 2.29. The summed E-state index contributed by atoms with van der Waals surface area (Å²) >= 11 is 1.73. The van der Waals surface area contributed by atoms with Crippen molar-refractivity contribution in [1.82, 2.24) is 14.7 Å². The van der Waals surface area contributed by atoms with Crippen LogP contribution in [0.15, 0.2) is 47.8 Å². The largest absolute Gasteiger partial charge is 0.496 e. The zero-order valence-electron chi connectivity index (χ0n) is 17.4. The van der Waals surface area contributed by atoms with Crippen LogP contribution in [0.1, 0.15) is 28.2 Å². The highest BCUT2D eigenvalue weighted by Gasteiger charge is 2.29. The molecule has 7 heteroatoms. The second-order valence-corrected chi connectivity index (χ2v) is 8.44. The minimum absolute atomic E-state index is 0.0228. The van der Waals surface area contributed by atoms with Crippen LogP contribution in [0.4, 0.5) is 0 Å². The van der Waals surface area contributed by atoms with E-state index in [1.165, 1.54) is 4.88 Å². The summed E-state index contributed by atoms with van der Waals surface area (Å²) in [7, 11) is 3.47. The molecule has 30 heavy (non-hydrogen) atoms. The van der Waals surface area contributed by atoms with Gasteiger partial charge >= 0.3 is 0 Å². The highest BCUT2D eigenvalue weighted by atomic mass is 32.1. The van der Waals surface area contributed by atoms with E-state index in [1.807, 2.05) is 42.3 Å². The monoisotopic (exact) mass is 425 g/mol. The maximum Gasteiger partial charge on any atom is 0.272 e. The van der Waals surface area contributed by atoms with Crippen LogP contribution in [-0.2, 0) is 18.2 Å². The van der Waals surface area contributed by atoms with Gasteiger partial charge in [-0.15, -0.1) is 11.3 Å². The first kappa shape index (κ1) is 20.6. The molecule has 2 aromatic heterocycles. The second-order valence-electron chi connectivity index (χ2n) is 7.41. The molecule has 1 amide bonds. The number of rotatable bonds is 7. The number of nitrogens with zero attached hydrogens (tertiary/aromatic N) is 3. The quantitative estimate of drug-likeness (QED) is 0.574. The summed E-state index contributed by atoms with van der Waals surface area (Å²) in [4.78, 5) is 16.9. The molecule has 0 unspecified atom stereocenters. The molecule has 3 aromatic rings. The molecule has 1 saturated heterocycles. The van der Waals surface area contributed by atoms with Crippen molar-refractivity contribution >= 4 is 17.2 Å². The van der Waals surface area contributed by atoms with Crippen LogP contribution < -0.4 is 4.74 Å². The van der Waals surface area contributed by atoms with Crippen molar-refractivity contribution in [2.24, 2.45) is 7.05 Å². The van der Waals surface area contributed by atoms with Crippen molar-refractivity contribution in [1.29, 1.82) is 0 Å². The van der Waals surface area contributed by atoms with E-state index in [0.717, 1.165) is 36.3 Å². The first-order chi connectivity index (χ1) is 14.7. The maximum absolute atomic E-state index is 13.6. The normalized spacial score (nSPS) is 14.6. The summed E-state index contributed by atoms with van der Waals surface area (Å²) in [6.45, 7) is 2.09. The molecule has 0 radical (unpaired) electrons. The number of carbonyl (C=O) groups excluding carboxylic acids is 1. The smallest absolute Gasteiger partial charge is 0.272 e. The molecule has 0 spiro atoms. The lowest BCUT2D eigenvalue weighted by molar-refractivity contribution is 0.0288. The summed E-state index contributed by atoms with van der Waals surface area (Å²) in [5.74, 6) is 0.767. The standard InChI is InChI=1S/C23H27N3O3S/c1-25-21(16-20(24-25)19-7-3-4-8-22(19)28-2)23(27)26(17-10-13-29-14-11-17)12-9-18-6-5-15-30-18/h3-8,15-17H,9-14H2,1-2H3. The fraction of sp³-hybridized carbons (Fsp3) is 0.391. The maximum atomic E-state index is 13.6. The average molecular weight is 426 g/mol. The average Bonchev–Trinajstić information content (AvgIpc) is 3.44. The van der Waals surface area contributed by atoms with Gasteiger partial charge in [-0.2, -0.15) is 5.10 Å². The lowest BCUT2D eigenvalue weighted by Gasteiger charge is -2.34. The summed E-state index contributed by atoms with van der Waals surface area (Å²) < 4.78 is 12.7. The molecule has 1 aromatic carbocycles. The van der Waals surface area contributed by atoms with E-state index in [9.17, 15) is 4.79 Å². The molecule has 0 atom stereocenters. The third-order valence-electron chi connectivity index (χ3n) is 5.55. The van der Waals surface area contributed by atoms with Crippen molar-refractivity contribution in [2.45, 2.75) is 25.3 Å². The van der Waals surface area contributed by atoms with Gasteiger partial charge in [-0.05, 0) is 48.9 Å². The third kappa shape index (κ3) is 4.42. The molecule has 0 saturated carbocycles. The first-order valence-electron chi connectivity index (χ1n) is 10.3. The summed E-state index contributed by atoms with van der Waals surface area (Å²) in [6, 6.07) is 14.0. The molecule has 3 heterocycles. The van der Waals surface area contributed by atoms with Crippen LogP contribution >= 0.6 is 11.3 Å². The van der Waals surface area contributed by atoms with Crippen LogP contribution in [0.3, 0.4) is 0 Å². The van der Waals surface area contributed by atoms with Crippen molar-refractivity contribution in [3.8, 4) is 17.0 Å². The number of methoxy groups -OCH3 is 1. The number of thiophene rings is 1. The van der Waals surface area contributed by atoms with Crippen LogP contribution in [0.2, 0.25) is 0 Å². The van der Waals surface area contributed by atoms with Crippen molar-refractivity contribution in [2.75, 3.05) is 26.9 Å². The Balaban J connectivity index is 1.61. The SMILES string of the molecule is COc1ccccc1-c1cc(C(=O)N(CCc2cccs2)C2CCOCC2)n(C)n1. The Hall–Kier alpha value is -2.64. The van der Waals surface area contributed by atoms with Gasteiger partial charge in [0.15, 0.2) is 0 Å². The van der Waals surface area contributed by atoms with Gasteiger partial charge in [0.25, 0.3) is 5.91 Å². The number of carbonyl (C=O) groups is 1. The van der Waals surface area contributed by atoms with Crippen LogP contribution in [0.5, 0.6) is 5.75 Å². The third-order valence-corrected chi connectivity index (χ3v) is 6.49. The number of amides is 1. The highest BCUT2D eigenvalue weighted by molar-refractivity contribution is 7.09. The summed E-state index contributed by atoms with van der Waals surface area (Å²) in [5.41, 5.74) is 2.21. The van der Waals surface area contributed by atoms with E-state index in [-0.39, 0.29) is 11.9 Å². The van der Waals surface area contributed by atoms with Crippen molar-refractivity contribution < 1.29 is 14.3 Å². The molecule has 6 nitrogen and oxygen atoms in total. The number of hydrogen-bond donors (Lipinski definition) is 0. The summed E-state index contributed by atoms with van der Waals surface area (Å²) in [5, 5.41) is 6.69. The zero-order chi connectivity index (χ0) is 20.9. The van der Waals surface area contributed by atoms with Gasteiger partial charge in [0.1, 0.15) is 11.4 Å². The van der Waals surface area contributed by atoms with Crippen LogP contribution in [0, 0.1) is 0 Å². The van der Waals surface area contributed by atoms with Gasteiger partial charge in [0, 0.05) is 43.3 Å². The van der Waals surface area contributed by atoms with E-state index in [4.69, 9.17) is 9.47 Å². The number of para-hydroxylation sites is 1. The second kappa shape index (κ2) is 9.45. The molecule has 1 aliphatic rings. The summed E-state index contributed by atoms with van der Waals surface area (Å²) in [6.07, 6.45) is 2.60. The van der Waals surface area contributed by atoms with Gasteiger partial charge < -0.3 is 14.4 Å². The van der Waals surface area contributed by atoms with Crippen molar-refractivity contribution in [3.05, 3.63) is 58.4 Å². The molecule has 4 rings (SSSR count). The molecule has 0 bridgehead atoms. The number of hydrogen-bond acceptors (Lipinski definition) is 5. The van der Waals surface area contributed by atoms with Gasteiger partial charge in [-0.1, -0.05) is 18.2 Å². The molecule has 158 valence electrons. The zero-order valence-corrected chi connectivity index (χ0v) is 18.2. The minimum Gasteiger partial charge on any atom is -0.496 e. The molecular formula is C23H27N3O3S. The molecule has 1 aliphatic heterocycles. The number of ether oxygens (including phenoxy) is 2. The predicted molar refractivity (Wildman–Crippen MR) is 118 cm³/mol. The first-order valence-corrected chi connectivity index (χ1v) is 11.1. The van der Waals surface area contributed by atoms with E-state index < -0.39 is 0 Å². The van der Waals surface area contributed by atoms with E-state index in [0.29, 0.717) is 25.5 Å². The van der Waals surface area contributed by atoms with Gasteiger partial charge in [-0.3, -0.25) is 9.48 Å².